The highest BCUT2D eigenvalue weighted by Crippen LogP contribution is 2.30. The van der Waals surface area contributed by atoms with Crippen LogP contribution in [-0.4, -0.2) is 75.4 Å². The number of quaternary nitrogens is 2. The van der Waals surface area contributed by atoms with Gasteiger partial charge in [-0.2, -0.15) is 0 Å². The Hall–Kier alpha value is -0.160. The summed E-state index contributed by atoms with van der Waals surface area (Å²) < 4.78 is 2.68. The van der Waals surface area contributed by atoms with Crippen LogP contribution in [0, 0.1) is 11.8 Å². The van der Waals surface area contributed by atoms with Gasteiger partial charge in [0, 0.05) is 0 Å². The van der Waals surface area contributed by atoms with Crippen LogP contribution < -0.4 is 11.5 Å². The molecule has 0 aliphatic carbocycles. The highest BCUT2D eigenvalue weighted by molar-refractivity contribution is 4.69. The molecule has 0 unspecified atom stereocenters. The van der Waals surface area contributed by atoms with Crippen LogP contribution in [0.3, 0.4) is 0 Å². The van der Waals surface area contributed by atoms with Crippen molar-refractivity contribution in [3.8, 4) is 0 Å². The lowest BCUT2D eigenvalue weighted by Crippen LogP contribution is -2.50. The first-order chi connectivity index (χ1) is 15.0. The van der Waals surface area contributed by atoms with Crippen LogP contribution in [0.15, 0.2) is 0 Å². The Balaban J connectivity index is 1.51. The second-order valence-corrected chi connectivity index (χ2v) is 11.8. The van der Waals surface area contributed by atoms with E-state index in [1.165, 1.54) is 145 Å². The number of likely N-dealkylation sites (tertiary alicyclic amines) is 2. The number of nitrogens with two attached hydrogens (primary N) is 2. The zero-order valence-electron chi connectivity index (χ0n) is 21.5. The summed E-state index contributed by atoms with van der Waals surface area (Å²) in [5.41, 5.74) is 11.2. The van der Waals surface area contributed by atoms with E-state index in [1.54, 1.807) is 0 Å². The number of rotatable bonds is 16. The van der Waals surface area contributed by atoms with E-state index < -0.39 is 0 Å². The van der Waals surface area contributed by atoms with Crippen molar-refractivity contribution in [3.05, 3.63) is 0 Å². The van der Waals surface area contributed by atoms with E-state index in [0.29, 0.717) is 0 Å². The van der Waals surface area contributed by atoms with E-state index in [2.05, 4.69) is 14.1 Å². The Labute approximate surface area is 195 Å². The number of piperidine rings is 2. The molecule has 184 valence electrons. The fourth-order valence-corrected chi connectivity index (χ4v) is 6.19. The lowest BCUT2D eigenvalue weighted by molar-refractivity contribution is -0.915. The Morgan fingerprint density at radius 1 is 0.516 bits per heavy atom. The summed E-state index contributed by atoms with van der Waals surface area (Å²) in [6, 6.07) is 0. The molecule has 4 nitrogen and oxygen atoms in total. The topological polar surface area (TPSA) is 52.0 Å². The second-order valence-electron chi connectivity index (χ2n) is 11.8. The van der Waals surface area contributed by atoms with Crippen molar-refractivity contribution in [3.63, 3.8) is 0 Å². The Morgan fingerprint density at radius 2 is 0.871 bits per heavy atom. The smallest absolute Gasteiger partial charge is 0.0787 e. The third-order valence-electron chi connectivity index (χ3n) is 8.84. The SMILES string of the molecule is C[N+]1(CCCCCCN)CCC(CCCC2CC[N+](C)(CCCCCCN)CC2)CC1. The summed E-state index contributed by atoms with van der Waals surface area (Å²) in [4.78, 5) is 0. The van der Waals surface area contributed by atoms with Gasteiger partial charge in [-0.1, -0.05) is 32.1 Å². The van der Waals surface area contributed by atoms with Gasteiger partial charge >= 0.3 is 0 Å². The van der Waals surface area contributed by atoms with Crippen LogP contribution in [0.4, 0.5) is 0 Å². The van der Waals surface area contributed by atoms with Crippen molar-refractivity contribution in [1.29, 1.82) is 0 Å². The molecule has 2 aliphatic rings. The van der Waals surface area contributed by atoms with Crippen molar-refractivity contribution in [2.45, 2.75) is 96.3 Å². The van der Waals surface area contributed by atoms with Crippen LogP contribution >= 0.6 is 0 Å². The lowest BCUT2D eigenvalue weighted by atomic mass is 9.86. The maximum absolute atomic E-state index is 5.62. The molecule has 0 spiro atoms. The van der Waals surface area contributed by atoms with Crippen LogP contribution in [0.2, 0.25) is 0 Å². The van der Waals surface area contributed by atoms with Crippen molar-refractivity contribution in [2.75, 3.05) is 66.5 Å². The first kappa shape index (κ1) is 27.1. The summed E-state index contributed by atoms with van der Waals surface area (Å²) in [6.45, 7) is 10.2. The molecular formula is C27H58N4+2. The predicted octanol–water partition coefficient (Wildman–Crippen LogP) is 4.91. The minimum atomic E-state index is 0.864. The van der Waals surface area contributed by atoms with E-state index in [9.17, 15) is 0 Å². The molecule has 0 radical (unpaired) electrons. The zero-order chi connectivity index (χ0) is 22.4. The summed E-state index contributed by atoms with van der Waals surface area (Å²) >= 11 is 0. The molecule has 31 heavy (non-hydrogen) atoms. The third kappa shape index (κ3) is 11.0. The highest BCUT2D eigenvalue weighted by Gasteiger charge is 2.31. The molecule has 0 saturated carbocycles. The van der Waals surface area contributed by atoms with Gasteiger partial charge in [-0.15, -0.1) is 0 Å². The molecule has 2 rings (SSSR count). The molecule has 0 aromatic rings. The average molecular weight is 439 g/mol. The average Bonchev–Trinajstić information content (AvgIpc) is 2.76. The van der Waals surface area contributed by atoms with Gasteiger partial charge in [-0.05, 0) is 89.1 Å². The number of nitrogens with zero attached hydrogens (tertiary/aromatic N) is 2. The molecule has 2 fully saturated rings. The number of unbranched alkanes of at least 4 members (excludes halogenated alkanes) is 6. The summed E-state index contributed by atoms with van der Waals surface area (Å²) in [5.74, 6) is 2.03. The first-order valence-corrected chi connectivity index (χ1v) is 14.1. The van der Waals surface area contributed by atoms with Gasteiger partial charge in [0.1, 0.15) is 0 Å². The molecule has 0 atom stereocenters. The van der Waals surface area contributed by atoms with Gasteiger partial charge in [0.2, 0.25) is 0 Å². The molecule has 4 heteroatoms. The van der Waals surface area contributed by atoms with Crippen molar-refractivity contribution in [1.82, 2.24) is 0 Å². The molecule has 2 aliphatic heterocycles. The summed E-state index contributed by atoms with van der Waals surface area (Å²) in [5, 5.41) is 0. The third-order valence-corrected chi connectivity index (χ3v) is 8.84. The quantitative estimate of drug-likeness (QED) is 0.266. The summed E-state index contributed by atoms with van der Waals surface area (Å²) in [7, 11) is 5.02. The maximum atomic E-state index is 5.62. The molecule has 0 aromatic carbocycles. The monoisotopic (exact) mass is 438 g/mol. The van der Waals surface area contributed by atoms with Gasteiger partial charge in [0.15, 0.2) is 0 Å². The van der Waals surface area contributed by atoms with E-state index >= 15 is 0 Å². The molecule has 4 N–H and O–H groups in total. The first-order valence-electron chi connectivity index (χ1n) is 14.1. The van der Waals surface area contributed by atoms with E-state index in [1.807, 2.05) is 0 Å². The fourth-order valence-electron chi connectivity index (χ4n) is 6.19. The molecule has 0 aromatic heterocycles. The van der Waals surface area contributed by atoms with Crippen LogP contribution in [0.5, 0.6) is 0 Å². The van der Waals surface area contributed by atoms with Gasteiger partial charge in [0.05, 0.1) is 53.4 Å². The Bertz CT molecular complexity index is 397. The van der Waals surface area contributed by atoms with Gasteiger partial charge in [-0.25, -0.2) is 0 Å². The number of hydrogen-bond donors (Lipinski definition) is 2. The van der Waals surface area contributed by atoms with Crippen LogP contribution in [0.1, 0.15) is 96.3 Å². The second kappa shape index (κ2) is 14.9. The minimum absolute atomic E-state index is 0.864. The Kier molecular flexibility index (Phi) is 13.0. The Morgan fingerprint density at radius 3 is 1.23 bits per heavy atom. The van der Waals surface area contributed by atoms with Gasteiger partial charge in [0.25, 0.3) is 0 Å². The molecule has 0 amide bonds. The minimum Gasteiger partial charge on any atom is -0.330 e. The summed E-state index contributed by atoms with van der Waals surface area (Å²) in [6.07, 6.45) is 21.0. The zero-order valence-corrected chi connectivity index (χ0v) is 21.5. The van der Waals surface area contributed by atoms with Crippen molar-refractivity contribution >= 4 is 0 Å². The lowest BCUT2D eigenvalue weighted by Gasteiger charge is -2.41. The van der Waals surface area contributed by atoms with E-state index in [4.69, 9.17) is 11.5 Å². The molecule has 2 saturated heterocycles. The number of hydrogen-bond acceptors (Lipinski definition) is 2. The van der Waals surface area contributed by atoms with Gasteiger partial charge < -0.3 is 20.4 Å². The molecular weight excluding hydrogens is 380 g/mol. The molecule has 0 bridgehead atoms. The highest BCUT2D eigenvalue weighted by atomic mass is 15.3. The normalized spacial score (nSPS) is 31.7. The van der Waals surface area contributed by atoms with E-state index in [0.717, 1.165) is 24.9 Å². The van der Waals surface area contributed by atoms with E-state index in [-0.39, 0.29) is 0 Å². The predicted molar refractivity (Wildman–Crippen MR) is 136 cm³/mol. The van der Waals surface area contributed by atoms with Crippen LogP contribution in [-0.2, 0) is 0 Å². The van der Waals surface area contributed by atoms with Gasteiger partial charge in [-0.3, -0.25) is 0 Å². The standard InChI is InChI=1S/C27H58N4/c1-30(20-9-5-3-7-18-28)22-14-26(15-23-30)12-11-13-27-16-24-31(2,25-17-27)21-10-6-4-8-19-29/h26-27H,3-25,28-29H2,1-2H3/q+2. The van der Waals surface area contributed by atoms with Crippen molar-refractivity contribution < 1.29 is 8.97 Å². The maximum Gasteiger partial charge on any atom is 0.0787 e. The largest absolute Gasteiger partial charge is 0.330 e. The van der Waals surface area contributed by atoms with Crippen molar-refractivity contribution in [2.24, 2.45) is 23.3 Å². The fraction of sp³-hybridized carbons (Fsp3) is 1.00. The molecule has 2 heterocycles. The van der Waals surface area contributed by atoms with Crippen LogP contribution in [0.25, 0.3) is 0 Å².